The number of nitro groups is 2. The molecule has 68 heavy (non-hydrogen) atoms. The zero-order valence-corrected chi connectivity index (χ0v) is 42.9. The van der Waals surface area contributed by atoms with Crippen molar-refractivity contribution in [2.45, 2.75) is 203 Å². The second-order valence-electron chi connectivity index (χ2n) is 17.6. The van der Waals surface area contributed by atoms with Crippen LogP contribution in [0.1, 0.15) is 181 Å². The van der Waals surface area contributed by atoms with Crippen LogP contribution in [0.2, 0.25) is 0 Å². The monoisotopic (exact) mass is 1000 g/mol. The number of hydrogen-bond donors (Lipinski definition) is 0. The van der Waals surface area contributed by atoms with Crippen molar-refractivity contribution in [3.63, 3.8) is 0 Å². The van der Waals surface area contributed by atoms with Gasteiger partial charge in [-0.25, -0.2) is 0 Å². The smallest absolute Gasteiger partial charge is 0.297 e. The van der Waals surface area contributed by atoms with Crippen molar-refractivity contribution >= 4 is 31.6 Å². The van der Waals surface area contributed by atoms with Gasteiger partial charge in [0.1, 0.15) is 22.0 Å². The first-order valence-corrected chi connectivity index (χ1v) is 28.4. The van der Waals surface area contributed by atoms with Gasteiger partial charge < -0.3 is 18.9 Å². The summed E-state index contributed by atoms with van der Waals surface area (Å²) in [6.07, 6.45) is 28.0. The van der Waals surface area contributed by atoms with E-state index in [0.717, 1.165) is 89.2 Å². The van der Waals surface area contributed by atoms with Crippen molar-refractivity contribution in [2.24, 2.45) is 0 Å². The molecule has 0 aliphatic rings. The first-order chi connectivity index (χ1) is 32.9. The normalized spacial score (nSPS) is 12.9. The van der Waals surface area contributed by atoms with Crippen molar-refractivity contribution in [1.82, 2.24) is 0 Å². The number of hydrogen-bond acceptors (Lipinski definition) is 14. The standard InChI is InChI=1S/C50H84N2O14S2/c1-3-5-7-9-23-27-37-63-47(43-65-67(57,58)49-33-29-31-45(39-49)51(53)54)41-61-35-25-21-19-17-15-13-11-12-14-16-18-20-22-26-36-62-42-48(64-38-28-24-10-8-6-4-2)44-66-68(59,60)50-34-30-32-46(40-50)52(55)56/h29-34,39-40,47-48H,3-28,35-38,41-44H2,1-2H3/t47-,48-/m1/s1. The Hall–Kier alpha value is -3.10. The minimum Gasteiger partial charge on any atom is -0.379 e. The summed E-state index contributed by atoms with van der Waals surface area (Å²) in [6, 6.07) is 9.64. The molecule has 0 fully saturated rings. The lowest BCUT2D eigenvalue weighted by Crippen LogP contribution is -2.28. The number of nitro benzene ring substituents is 2. The molecule has 0 aromatic heterocycles. The van der Waals surface area contributed by atoms with Gasteiger partial charge in [-0.05, 0) is 37.8 Å². The molecule has 2 aromatic carbocycles. The van der Waals surface area contributed by atoms with Gasteiger partial charge in [0.2, 0.25) is 0 Å². The van der Waals surface area contributed by atoms with Crippen LogP contribution in [0, 0.1) is 20.2 Å². The molecule has 0 saturated carbocycles. The van der Waals surface area contributed by atoms with Gasteiger partial charge in [-0.2, -0.15) is 16.8 Å². The fraction of sp³-hybridized carbons (Fsp3) is 0.760. The maximum absolute atomic E-state index is 12.8. The Kier molecular flexibility index (Phi) is 34.7. The highest BCUT2D eigenvalue weighted by molar-refractivity contribution is 7.87. The van der Waals surface area contributed by atoms with Crippen LogP contribution in [0.25, 0.3) is 0 Å². The SMILES string of the molecule is CCCCCCCCO[C@H](COCCCCCCCCCCCCCCCCOC[C@H](COS(=O)(=O)c1cccc([N+](=O)[O-])c1)OCCCCCCCC)COS(=O)(=O)c1cccc([N+](=O)[O-])c1. The van der Waals surface area contributed by atoms with Gasteiger partial charge in [-0.15, -0.1) is 0 Å². The van der Waals surface area contributed by atoms with Gasteiger partial charge in [0.25, 0.3) is 31.6 Å². The maximum atomic E-state index is 12.8. The highest BCUT2D eigenvalue weighted by Crippen LogP contribution is 2.22. The lowest BCUT2D eigenvalue weighted by atomic mass is 10.0. The minimum absolute atomic E-state index is 0.203. The van der Waals surface area contributed by atoms with E-state index in [0.29, 0.717) is 26.4 Å². The molecule has 0 N–H and O–H groups in total. The van der Waals surface area contributed by atoms with Crippen LogP contribution in [-0.4, -0.2) is 91.7 Å². The lowest BCUT2D eigenvalue weighted by molar-refractivity contribution is -0.385. The molecule has 0 saturated heterocycles. The van der Waals surface area contributed by atoms with Gasteiger partial charge >= 0.3 is 0 Å². The zero-order chi connectivity index (χ0) is 49.6. The average Bonchev–Trinajstić information content (AvgIpc) is 3.33. The van der Waals surface area contributed by atoms with E-state index in [4.69, 9.17) is 27.3 Å². The molecule has 16 nitrogen and oxygen atoms in total. The van der Waals surface area contributed by atoms with Gasteiger partial charge in [-0.3, -0.25) is 28.6 Å². The zero-order valence-electron chi connectivity index (χ0n) is 41.2. The molecule has 0 bridgehead atoms. The fourth-order valence-electron chi connectivity index (χ4n) is 7.48. The van der Waals surface area contributed by atoms with Crippen molar-refractivity contribution in [3.8, 4) is 0 Å². The van der Waals surface area contributed by atoms with Gasteiger partial charge in [-0.1, -0.05) is 167 Å². The molecule has 2 rings (SSSR count). The van der Waals surface area contributed by atoms with E-state index < -0.39 is 42.3 Å². The van der Waals surface area contributed by atoms with Gasteiger partial charge in [0.05, 0.1) is 36.3 Å². The molecule has 0 heterocycles. The van der Waals surface area contributed by atoms with Crippen molar-refractivity contribution in [2.75, 3.05) is 52.9 Å². The van der Waals surface area contributed by atoms with Crippen LogP contribution in [0.3, 0.4) is 0 Å². The molecule has 2 aromatic rings. The Morgan fingerprint density at radius 3 is 1.03 bits per heavy atom. The highest BCUT2D eigenvalue weighted by atomic mass is 32.2. The highest BCUT2D eigenvalue weighted by Gasteiger charge is 2.23. The van der Waals surface area contributed by atoms with E-state index in [1.54, 1.807) is 0 Å². The summed E-state index contributed by atoms with van der Waals surface area (Å²) in [6.45, 7) is 6.34. The van der Waals surface area contributed by atoms with Gasteiger partial charge in [0.15, 0.2) is 0 Å². The third-order valence-corrected chi connectivity index (χ3v) is 14.1. The number of non-ortho nitro benzene ring substituents is 2. The molecule has 390 valence electrons. The topological polar surface area (TPSA) is 210 Å². The Morgan fingerprint density at radius 1 is 0.426 bits per heavy atom. The Balaban J connectivity index is 1.54. The van der Waals surface area contributed by atoms with E-state index in [-0.39, 0.29) is 47.6 Å². The lowest BCUT2D eigenvalue weighted by Gasteiger charge is -2.18. The molecule has 0 unspecified atom stereocenters. The second kappa shape index (κ2) is 38.6. The van der Waals surface area contributed by atoms with E-state index >= 15 is 0 Å². The molecular formula is C50H84N2O14S2. The van der Waals surface area contributed by atoms with Crippen molar-refractivity contribution in [3.05, 3.63) is 68.8 Å². The van der Waals surface area contributed by atoms with Crippen molar-refractivity contribution in [1.29, 1.82) is 0 Å². The molecular weight excluding hydrogens is 917 g/mol. The van der Waals surface area contributed by atoms with E-state index in [1.807, 2.05) is 0 Å². The summed E-state index contributed by atoms with van der Waals surface area (Å²) < 4.78 is 85.5. The number of nitrogens with zero attached hydrogens (tertiary/aromatic N) is 2. The summed E-state index contributed by atoms with van der Waals surface area (Å²) in [5.74, 6) is 0. The van der Waals surface area contributed by atoms with Crippen molar-refractivity contribution < 1.29 is 54.0 Å². The third-order valence-electron chi connectivity index (χ3n) is 11.6. The first-order valence-electron chi connectivity index (χ1n) is 25.6. The Labute approximate surface area is 408 Å². The molecule has 18 heteroatoms. The number of rotatable bonds is 47. The Morgan fingerprint density at radius 2 is 0.721 bits per heavy atom. The van der Waals surface area contributed by atoms with E-state index in [2.05, 4.69) is 13.8 Å². The summed E-state index contributed by atoms with van der Waals surface area (Å²) in [4.78, 5) is 20.5. The Bertz CT molecular complexity index is 1700. The number of ether oxygens (including phenoxy) is 4. The summed E-state index contributed by atoms with van der Waals surface area (Å²) in [5, 5.41) is 22.3. The predicted octanol–water partition coefficient (Wildman–Crippen LogP) is 12.6. The molecule has 0 spiro atoms. The van der Waals surface area contributed by atoms with E-state index in [1.165, 1.54) is 126 Å². The third kappa shape index (κ3) is 29.8. The summed E-state index contributed by atoms with van der Waals surface area (Å²) in [5.41, 5.74) is -0.646. The van der Waals surface area contributed by atoms with Crippen LogP contribution in [-0.2, 0) is 47.5 Å². The van der Waals surface area contributed by atoms with Crippen LogP contribution < -0.4 is 0 Å². The van der Waals surface area contributed by atoms with Gasteiger partial charge in [0, 0.05) is 50.7 Å². The van der Waals surface area contributed by atoms with Crippen LogP contribution >= 0.6 is 0 Å². The maximum Gasteiger partial charge on any atom is 0.297 e. The first kappa shape index (κ1) is 61.0. The molecule has 0 amide bonds. The second-order valence-corrected chi connectivity index (χ2v) is 20.8. The number of benzene rings is 2. The fourth-order valence-corrected chi connectivity index (χ4v) is 9.44. The summed E-state index contributed by atoms with van der Waals surface area (Å²) in [7, 11) is -8.42. The van der Waals surface area contributed by atoms with E-state index in [9.17, 15) is 37.1 Å². The molecule has 0 aliphatic carbocycles. The number of unbranched alkanes of at least 4 members (excludes halogenated alkanes) is 23. The average molecular weight is 1000 g/mol. The molecule has 2 atom stereocenters. The minimum atomic E-state index is -4.21. The van der Waals surface area contributed by atoms with Crippen LogP contribution in [0.15, 0.2) is 58.3 Å². The summed E-state index contributed by atoms with van der Waals surface area (Å²) >= 11 is 0. The largest absolute Gasteiger partial charge is 0.379 e. The predicted molar refractivity (Wildman–Crippen MR) is 265 cm³/mol. The van der Waals surface area contributed by atoms with Crippen LogP contribution in [0.4, 0.5) is 11.4 Å². The quantitative estimate of drug-likeness (QED) is 0.0261. The molecule has 0 aliphatic heterocycles. The molecule has 0 radical (unpaired) electrons. The van der Waals surface area contributed by atoms with Crippen LogP contribution in [0.5, 0.6) is 0 Å².